The van der Waals surface area contributed by atoms with Gasteiger partial charge in [-0.25, -0.2) is 4.98 Å². The van der Waals surface area contributed by atoms with Gasteiger partial charge in [-0.1, -0.05) is 15.9 Å². The van der Waals surface area contributed by atoms with E-state index in [2.05, 4.69) is 20.9 Å². The van der Waals surface area contributed by atoms with Crippen LogP contribution in [0.4, 0.5) is 13.2 Å². The van der Waals surface area contributed by atoms with Gasteiger partial charge in [0, 0.05) is 24.5 Å². The summed E-state index contributed by atoms with van der Waals surface area (Å²) in [7, 11) is 1.49. The number of hydrogen-bond donors (Lipinski definition) is 0. The highest BCUT2D eigenvalue weighted by Gasteiger charge is 2.50. The number of rotatable bonds is 8. The van der Waals surface area contributed by atoms with E-state index in [4.69, 9.17) is 9.47 Å². The van der Waals surface area contributed by atoms with E-state index >= 15 is 0 Å². The Kier molecular flexibility index (Phi) is 7.09. The van der Waals surface area contributed by atoms with Gasteiger partial charge in [-0.3, -0.25) is 14.4 Å². The van der Waals surface area contributed by atoms with Crippen molar-refractivity contribution in [2.24, 2.45) is 17.8 Å². The van der Waals surface area contributed by atoms with Crippen LogP contribution in [0.2, 0.25) is 0 Å². The number of fused-ring (bicyclic) bond motifs is 2. The maximum absolute atomic E-state index is 13.1. The molecule has 6 nitrogen and oxygen atoms in total. The Hall–Kier alpha value is -1.65. The summed E-state index contributed by atoms with van der Waals surface area (Å²) in [5.41, 5.74) is -1.61. The number of ether oxygens (including phenoxy) is 2. The number of nitrogens with zero attached hydrogens (tertiary/aromatic N) is 1. The molecule has 0 N–H and O–H groups in total. The van der Waals surface area contributed by atoms with Crippen molar-refractivity contribution in [1.29, 1.82) is 0 Å². The molecule has 1 aromatic rings. The molecule has 30 heavy (non-hydrogen) atoms. The molecule has 0 amide bonds. The van der Waals surface area contributed by atoms with E-state index in [1.807, 2.05) is 0 Å². The van der Waals surface area contributed by atoms with Crippen molar-refractivity contribution in [2.75, 3.05) is 20.3 Å². The van der Waals surface area contributed by atoms with E-state index in [1.165, 1.54) is 7.11 Å². The minimum Gasteiger partial charge on any atom is -0.383 e. The van der Waals surface area contributed by atoms with Gasteiger partial charge in [-0.05, 0) is 31.4 Å². The van der Waals surface area contributed by atoms with Crippen molar-refractivity contribution in [1.82, 2.24) is 4.98 Å². The van der Waals surface area contributed by atoms with Gasteiger partial charge in [0.2, 0.25) is 0 Å². The minimum absolute atomic E-state index is 0.102. The number of carbonyl (C=O) groups excluding carboxylic acids is 3. The van der Waals surface area contributed by atoms with Gasteiger partial charge in [0.1, 0.15) is 11.6 Å². The summed E-state index contributed by atoms with van der Waals surface area (Å²) < 4.78 is 49.7. The molecule has 10 heteroatoms. The van der Waals surface area contributed by atoms with Crippen molar-refractivity contribution < 1.29 is 37.0 Å². The number of methoxy groups -OCH3 is 1. The Morgan fingerprint density at radius 2 is 1.83 bits per heavy atom. The summed E-state index contributed by atoms with van der Waals surface area (Å²) in [4.78, 5) is 41.7. The Labute approximate surface area is 179 Å². The highest BCUT2D eigenvalue weighted by molar-refractivity contribution is 9.09. The number of alkyl halides is 4. The van der Waals surface area contributed by atoms with E-state index in [-0.39, 0.29) is 41.1 Å². The monoisotopic (exact) mass is 491 g/mol. The fourth-order valence-corrected chi connectivity index (χ4v) is 4.48. The molecule has 2 saturated carbocycles. The quantitative estimate of drug-likeness (QED) is 0.315. The summed E-state index contributed by atoms with van der Waals surface area (Å²) in [5.74, 6) is -3.82. The van der Waals surface area contributed by atoms with E-state index in [0.717, 1.165) is 6.07 Å². The molecule has 164 valence electrons. The molecular formula is C20H21BrF3NO5. The summed E-state index contributed by atoms with van der Waals surface area (Å²) in [6.07, 6.45) is -3.13. The number of halogens is 4. The number of Topliss-reactive ketones (excluding diaryl/α,β-unsaturated/α-hetero) is 3. The highest BCUT2D eigenvalue weighted by atomic mass is 79.9. The van der Waals surface area contributed by atoms with Crippen molar-refractivity contribution in [3.8, 4) is 0 Å². The van der Waals surface area contributed by atoms with Gasteiger partial charge in [0.05, 0.1) is 30.3 Å². The van der Waals surface area contributed by atoms with Crippen LogP contribution >= 0.6 is 15.9 Å². The second kappa shape index (κ2) is 9.23. The number of hydrogen-bond acceptors (Lipinski definition) is 6. The topological polar surface area (TPSA) is 82.6 Å². The molecule has 2 aliphatic carbocycles. The van der Waals surface area contributed by atoms with Crippen LogP contribution in [-0.4, -0.2) is 47.5 Å². The lowest BCUT2D eigenvalue weighted by molar-refractivity contribution is -0.141. The van der Waals surface area contributed by atoms with Crippen LogP contribution in [-0.2, 0) is 31.8 Å². The first-order valence-corrected chi connectivity index (χ1v) is 10.4. The fraction of sp³-hybridized carbons (Fsp3) is 0.600. The molecular weight excluding hydrogens is 471 g/mol. The number of pyridine rings is 1. The lowest BCUT2D eigenvalue weighted by atomic mass is 9.75. The molecule has 3 unspecified atom stereocenters. The number of ketones is 3. The maximum Gasteiger partial charge on any atom is 0.433 e. The normalized spacial score (nSPS) is 24.9. The zero-order valence-electron chi connectivity index (χ0n) is 16.2. The molecule has 1 aromatic heterocycles. The molecule has 0 aromatic carbocycles. The van der Waals surface area contributed by atoms with E-state index < -0.39 is 35.1 Å². The Morgan fingerprint density at radius 1 is 1.20 bits per heavy atom. The first kappa shape index (κ1) is 23.0. The zero-order valence-corrected chi connectivity index (χ0v) is 17.8. The summed E-state index contributed by atoms with van der Waals surface area (Å²) in [6, 6.07) is 1.66. The second-order valence-corrected chi connectivity index (χ2v) is 8.86. The average molecular weight is 492 g/mol. The van der Waals surface area contributed by atoms with Gasteiger partial charge in [0.15, 0.2) is 17.3 Å². The van der Waals surface area contributed by atoms with Crippen LogP contribution in [0, 0.1) is 17.8 Å². The van der Waals surface area contributed by atoms with E-state index in [0.29, 0.717) is 31.9 Å². The summed E-state index contributed by atoms with van der Waals surface area (Å²) >= 11 is 3.30. The third kappa shape index (κ3) is 4.81. The van der Waals surface area contributed by atoms with Gasteiger partial charge in [-0.2, -0.15) is 13.2 Å². The van der Waals surface area contributed by atoms with Gasteiger partial charge in [-0.15, -0.1) is 0 Å². The molecule has 2 fully saturated rings. The van der Waals surface area contributed by atoms with Crippen molar-refractivity contribution in [3.05, 3.63) is 29.1 Å². The van der Waals surface area contributed by atoms with Crippen LogP contribution in [0.25, 0.3) is 0 Å². The molecule has 3 rings (SSSR count). The minimum atomic E-state index is -4.71. The number of aromatic nitrogens is 1. The first-order chi connectivity index (χ1) is 14.1. The smallest absolute Gasteiger partial charge is 0.383 e. The molecule has 3 atom stereocenters. The lowest BCUT2D eigenvalue weighted by Gasteiger charge is -2.25. The summed E-state index contributed by atoms with van der Waals surface area (Å²) in [6.45, 7) is 0.0409. The Bertz CT molecular complexity index is 822. The molecule has 2 aliphatic rings. The van der Waals surface area contributed by atoms with Crippen LogP contribution in [0.15, 0.2) is 12.1 Å². The van der Waals surface area contributed by atoms with E-state index in [1.54, 1.807) is 0 Å². The maximum atomic E-state index is 13.1. The molecule has 1 heterocycles. The molecule has 0 aliphatic heterocycles. The third-order valence-electron chi connectivity index (χ3n) is 5.48. The largest absolute Gasteiger partial charge is 0.433 e. The summed E-state index contributed by atoms with van der Waals surface area (Å²) in [5, 5.41) is 0. The predicted molar refractivity (Wildman–Crippen MR) is 102 cm³/mol. The van der Waals surface area contributed by atoms with Crippen molar-refractivity contribution >= 4 is 33.3 Å². The van der Waals surface area contributed by atoms with Crippen molar-refractivity contribution in [2.45, 2.75) is 36.9 Å². The second-order valence-electron chi connectivity index (χ2n) is 7.57. The zero-order chi connectivity index (χ0) is 22.1. The Morgan fingerprint density at radius 3 is 2.40 bits per heavy atom. The van der Waals surface area contributed by atoms with Crippen LogP contribution in [0.3, 0.4) is 0 Å². The standard InChI is InChI=1S/C20H21BrF3NO5/c1-29-7-12(21)8-30-9-14-13(4-5-15(25-14)20(22,23)24)19(28)16-17(26)10-2-3-11(6-10)18(16)27/h4-5,10-12,16H,2-3,6-9H2,1H3. The van der Waals surface area contributed by atoms with Crippen LogP contribution < -0.4 is 0 Å². The lowest BCUT2D eigenvalue weighted by Crippen LogP contribution is -2.42. The van der Waals surface area contributed by atoms with Gasteiger partial charge < -0.3 is 9.47 Å². The number of carbonyl (C=O) groups is 3. The molecule has 0 radical (unpaired) electrons. The van der Waals surface area contributed by atoms with Gasteiger partial charge >= 0.3 is 6.18 Å². The fourth-order valence-electron chi connectivity index (χ4n) is 4.03. The first-order valence-electron chi connectivity index (χ1n) is 9.53. The molecule has 0 saturated heterocycles. The average Bonchev–Trinajstić information content (AvgIpc) is 3.13. The molecule has 2 bridgehead atoms. The third-order valence-corrected chi connectivity index (χ3v) is 6.01. The highest BCUT2D eigenvalue weighted by Crippen LogP contribution is 2.41. The van der Waals surface area contributed by atoms with E-state index in [9.17, 15) is 27.6 Å². The van der Waals surface area contributed by atoms with Crippen molar-refractivity contribution in [3.63, 3.8) is 0 Å². The SMILES string of the molecule is COCC(Br)COCc1nc(C(F)(F)F)ccc1C(=O)C1C(=O)C2CCC(C2)C1=O. The van der Waals surface area contributed by atoms with Gasteiger partial charge in [0.25, 0.3) is 0 Å². The molecule has 0 spiro atoms. The predicted octanol–water partition coefficient (Wildman–Crippen LogP) is 3.39. The Balaban J connectivity index is 1.87. The van der Waals surface area contributed by atoms with Crippen LogP contribution in [0.1, 0.15) is 41.0 Å². The van der Waals surface area contributed by atoms with Crippen LogP contribution in [0.5, 0.6) is 0 Å².